The van der Waals surface area contributed by atoms with Gasteiger partial charge < -0.3 is 25.6 Å². The summed E-state index contributed by atoms with van der Waals surface area (Å²) in [5.41, 5.74) is 1.83. The zero-order valence-electron chi connectivity index (χ0n) is 41.9. The Bertz CT molecular complexity index is 3920. The molecular weight excluding hydrogens is 953 g/mol. The third-order valence-electron chi connectivity index (χ3n) is 14.4. The molecule has 0 spiro atoms. The number of esters is 2. The molecule has 2 aliphatic heterocycles. The summed E-state index contributed by atoms with van der Waals surface area (Å²) >= 11 is 0. The van der Waals surface area contributed by atoms with Crippen LogP contribution in [0.1, 0.15) is 136 Å². The highest BCUT2D eigenvalue weighted by Gasteiger charge is 2.33. The number of carbonyl (C=O) groups is 8. The SMILES string of the molecule is CCNCC.CCNCC.CCc1cc2c3c(ccc4c5ccc(C(=O)OC(=O)c6ccc7c8ccc9c%10c(cc(CC)c(c%11ccc(C(=O)O)c6c7%11)c%108)C(=O)NC9=O)c6c(C(=O)O)ccc(c1c34)c65)C(=O)NC2=O. The van der Waals surface area contributed by atoms with Crippen molar-refractivity contribution < 1.29 is 53.3 Å². The number of benzene rings is 10. The molecule has 0 unspecified atom stereocenters. The molecule has 0 aliphatic carbocycles. The van der Waals surface area contributed by atoms with Crippen molar-refractivity contribution in [3.63, 3.8) is 0 Å². The molecule has 15 nitrogen and oxygen atoms in total. The molecule has 0 fully saturated rings. The number of rotatable bonds is 10. The quantitative estimate of drug-likeness (QED) is 0.0246. The molecule has 10 aromatic carbocycles. The van der Waals surface area contributed by atoms with Crippen molar-refractivity contribution in [1.82, 2.24) is 21.3 Å². The number of carboxylic acids is 2. The lowest BCUT2D eigenvalue weighted by atomic mass is 9.81. The average molecular weight is 1000 g/mol. The topological polar surface area (TPSA) is 234 Å². The molecule has 12 rings (SSSR count). The lowest BCUT2D eigenvalue weighted by molar-refractivity contribution is 0.0399. The van der Waals surface area contributed by atoms with Crippen LogP contribution in [-0.4, -0.2) is 83.9 Å². The Balaban J connectivity index is 0.000000589. The highest BCUT2D eigenvalue weighted by molar-refractivity contribution is 6.42. The van der Waals surface area contributed by atoms with Crippen LogP contribution in [0.25, 0.3) is 86.2 Å². The Kier molecular flexibility index (Phi) is 12.7. The number of fused-ring (bicyclic) bond motifs is 4. The number of carboxylic acid groups (broad SMARTS) is 2. The molecular formula is C60H50N4O11. The van der Waals surface area contributed by atoms with Crippen LogP contribution in [0.4, 0.5) is 0 Å². The van der Waals surface area contributed by atoms with Crippen molar-refractivity contribution in [1.29, 1.82) is 0 Å². The van der Waals surface area contributed by atoms with Gasteiger partial charge in [0, 0.05) is 43.8 Å². The van der Waals surface area contributed by atoms with Crippen LogP contribution in [0.2, 0.25) is 0 Å². The van der Waals surface area contributed by atoms with Gasteiger partial charge in [-0.1, -0.05) is 77.9 Å². The molecule has 15 heteroatoms. The van der Waals surface area contributed by atoms with Gasteiger partial charge >= 0.3 is 23.9 Å². The second-order valence-corrected chi connectivity index (χ2v) is 18.4. The zero-order valence-corrected chi connectivity index (χ0v) is 41.9. The number of amides is 4. The molecule has 376 valence electrons. The lowest BCUT2D eigenvalue weighted by Gasteiger charge is -2.24. The van der Waals surface area contributed by atoms with Gasteiger partial charge in [-0.15, -0.1) is 0 Å². The van der Waals surface area contributed by atoms with Gasteiger partial charge in [0.25, 0.3) is 23.6 Å². The Hall–Kier alpha value is -8.92. The van der Waals surface area contributed by atoms with E-state index in [1.165, 1.54) is 24.3 Å². The third kappa shape index (κ3) is 7.56. The first-order chi connectivity index (χ1) is 36.1. The first-order valence-electron chi connectivity index (χ1n) is 25.0. The maximum atomic E-state index is 14.5. The van der Waals surface area contributed by atoms with Crippen molar-refractivity contribution in [2.45, 2.75) is 54.4 Å². The minimum absolute atomic E-state index is 0.000743. The van der Waals surface area contributed by atoms with Crippen molar-refractivity contribution in [2.75, 3.05) is 26.2 Å². The fourth-order valence-electron chi connectivity index (χ4n) is 11.3. The molecule has 0 aromatic heterocycles. The second kappa shape index (κ2) is 19.2. The maximum absolute atomic E-state index is 14.5. The normalized spacial score (nSPS) is 12.9. The van der Waals surface area contributed by atoms with Gasteiger partial charge in [-0.3, -0.25) is 29.8 Å². The highest BCUT2D eigenvalue weighted by Crippen LogP contribution is 2.48. The first-order valence-corrected chi connectivity index (χ1v) is 25.0. The summed E-state index contributed by atoms with van der Waals surface area (Å²) in [6, 6.07) is 22.1. The molecule has 0 bridgehead atoms. The van der Waals surface area contributed by atoms with E-state index in [2.05, 4.69) is 49.0 Å². The largest absolute Gasteiger partial charge is 0.478 e. The fourth-order valence-corrected chi connectivity index (χ4v) is 11.3. The zero-order chi connectivity index (χ0) is 53.3. The van der Waals surface area contributed by atoms with E-state index in [0.29, 0.717) is 111 Å². The Morgan fingerprint density at radius 2 is 0.707 bits per heavy atom. The standard InChI is InChI=1S/C52H28N2O11.2C4H11N/c1-3-19-17-33-39-27(45(55)53-47(33)57)11-5-23-21-7-15-31(41-29(49(59)60)13-9-25(37(21)41)35(19)43(23)39)51(63)65-52(64)32-16-8-22-24-6-12-28-40-34(48(58)54-46(28)56)18-20(4-2)36(44(24)40)26-10-14-30(50(61)62)42(32)38(22)26;2*1-3-5-4-2/h5-18H,3-4H2,1-2H3,(H,59,60)(H,61,62)(H,53,55,57)(H,54,56,58);2*5H,3-4H2,1-2H3. The minimum atomic E-state index is -1.35. The molecule has 2 heterocycles. The average Bonchev–Trinajstić information content (AvgIpc) is 3.41. The van der Waals surface area contributed by atoms with Gasteiger partial charge in [-0.25, -0.2) is 19.2 Å². The van der Waals surface area contributed by atoms with Crippen LogP contribution < -0.4 is 21.3 Å². The van der Waals surface area contributed by atoms with E-state index >= 15 is 0 Å². The smallest absolute Gasteiger partial charge is 0.346 e. The van der Waals surface area contributed by atoms with Gasteiger partial charge in [0.1, 0.15) is 0 Å². The summed E-state index contributed by atoms with van der Waals surface area (Å²) < 4.78 is 5.64. The minimum Gasteiger partial charge on any atom is -0.478 e. The molecule has 0 radical (unpaired) electrons. The van der Waals surface area contributed by atoms with E-state index in [1.807, 2.05) is 13.8 Å². The summed E-state index contributed by atoms with van der Waals surface area (Å²) in [5.74, 6) is -7.22. The Morgan fingerprint density at radius 3 is 1.04 bits per heavy atom. The second-order valence-electron chi connectivity index (χ2n) is 18.4. The molecule has 75 heavy (non-hydrogen) atoms. The number of imide groups is 2. The lowest BCUT2D eigenvalue weighted by Crippen LogP contribution is -2.34. The monoisotopic (exact) mass is 1000 g/mol. The van der Waals surface area contributed by atoms with E-state index < -0.39 is 47.5 Å². The summed E-state index contributed by atoms with van der Waals surface area (Å²) in [6.45, 7) is 16.6. The molecule has 10 aromatic rings. The molecule has 0 atom stereocenters. The number of carbonyl (C=O) groups excluding carboxylic acids is 6. The van der Waals surface area contributed by atoms with Crippen molar-refractivity contribution in [3.8, 4) is 0 Å². The van der Waals surface area contributed by atoms with E-state index in [4.69, 9.17) is 4.74 Å². The molecule has 2 aliphatic rings. The summed E-state index contributed by atoms with van der Waals surface area (Å²) in [7, 11) is 0. The number of hydrogen-bond donors (Lipinski definition) is 6. The van der Waals surface area contributed by atoms with Gasteiger partial charge in [-0.2, -0.15) is 0 Å². The molecule has 4 amide bonds. The van der Waals surface area contributed by atoms with Gasteiger partial charge in [-0.05, 0) is 163 Å². The van der Waals surface area contributed by atoms with Crippen LogP contribution in [0.15, 0.2) is 84.9 Å². The van der Waals surface area contributed by atoms with Crippen molar-refractivity contribution in [3.05, 3.63) is 141 Å². The molecule has 0 saturated heterocycles. The number of nitrogens with one attached hydrogen (secondary N) is 4. The van der Waals surface area contributed by atoms with E-state index in [-0.39, 0.29) is 33.0 Å². The number of aromatic carboxylic acids is 2. The first kappa shape index (κ1) is 49.6. The Labute approximate surface area is 427 Å². The predicted molar refractivity (Wildman–Crippen MR) is 290 cm³/mol. The molecule has 6 N–H and O–H groups in total. The fraction of sp³-hybridized carbons (Fsp3) is 0.200. The van der Waals surface area contributed by atoms with Crippen LogP contribution in [0, 0.1) is 0 Å². The third-order valence-corrected chi connectivity index (χ3v) is 14.4. The van der Waals surface area contributed by atoms with Gasteiger partial charge in [0.2, 0.25) is 0 Å². The highest BCUT2D eigenvalue weighted by atomic mass is 16.6. The van der Waals surface area contributed by atoms with E-state index in [9.17, 15) is 48.6 Å². The summed E-state index contributed by atoms with van der Waals surface area (Å²) in [4.78, 5) is 107. The number of ether oxygens (including phenoxy) is 1. The van der Waals surface area contributed by atoms with Crippen LogP contribution in [-0.2, 0) is 17.6 Å². The van der Waals surface area contributed by atoms with Gasteiger partial charge in [0.15, 0.2) is 0 Å². The number of hydrogen-bond acceptors (Lipinski definition) is 11. The summed E-state index contributed by atoms with van der Waals surface area (Å²) in [5, 5.41) is 39.9. The van der Waals surface area contributed by atoms with E-state index in [1.54, 1.807) is 60.7 Å². The van der Waals surface area contributed by atoms with Crippen molar-refractivity contribution in [2.24, 2.45) is 0 Å². The number of aryl methyl sites for hydroxylation is 2. The predicted octanol–water partition coefficient (Wildman–Crippen LogP) is 10.3. The van der Waals surface area contributed by atoms with Crippen LogP contribution in [0.5, 0.6) is 0 Å². The summed E-state index contributed by atoms with van der Waals surface area (Å²) in [6.07, 6.45) is 0.923. The van der Waals surface area contributed by atoms with Crippen LogP contribution >= 0.6 is 0 Å². The maximum Gasteiger partial charge on any atom is 0.346 e. The van der Waals surface area contributed by atoms with Crippen LogP contribution in [0.3, 0.4) is 0 Å². The Morgan fingerprint density at radius 1 is 0.387 bits per heavy atom. The van der Waals surface area contributed by atoms with Gasteiger partial charge in [0.05, 0.1) is 22.3 Å². The van der Waals surface area contributed by atoms with Crippen molar-refractivity contribution >= 4 is 134 Å². The molecule has 0 saturated carbocycles. The van der Waals surface area contributed by atoms with E-state index in [0.717, 1.165) is 37.3 Å².